The molecule has 0 radical (unpaired) electrons. The standard InChI is InChI=1S/C18H13N3O2S/c1-11-19-10-13-6-7-14(9-15(13)20-11)21(18(22)23)17-8-12-4-2-3-5-16(12)24-17/h2-10H,1H3,(H,22,23). The highest BCUT2D eigenvalue weighted by Crippen LogP contribution is 2.37. The molecular weight excluding hydrogens is 322 g/mol. The van der Waals surface area contributed by atoms with Gasteiger partial charge in [0, 0.05) is 16.3 Å². The highest BCUT2D eigenvalue weighted by atomic mass is 32.1. The van der Waals surface area contributed by atoms with Gasteiger partial charge in [0.1, 0.15) is 10.8 Å². The topological polar surface area (TPSA) is 66.3 Å². The summed E-state index contributed by atoms with van der Waals surface area (Å²) in [4.78, 5) is 21.7. The van der Waals surface area contributed by atoms with Crippen molar-refractivity contribution in [3.63, 3.8) is 0 Å². The molecule has 0 fully saturated rings. The predicted molar refractivity (Wildman–Crippen MR) is 96.3 cm³/mol. The van der Waals surface area contributed by atoms with E-state index in [1.165, 1.54) is 16.2 Å². The molecule has 0 aliphatic rings. The molecule has 5 nitrogen and oxygen atoms in total. The first kappa shape index (κ1) is 14.6. The van der Waals surface area contributed by atoms with Crippen LogP contribution in [0.2, 0.25) is 0 Å². The number of benzene rings is 2. The minimum atomic E-state index is -1.02. The molecule has 1 N–H and O–H groups in total. The summed E-state index contributed by atoms with van der Waals surface area (Å²) in [5.41, 5.74) is 1.30. The van der Waals surface area contributed by atoms with Gasteiger partial charge in [0.2, 0.25) is 0 Å². The van der Waals surface area contributed by atoms with E-state index in [0.717, 1.165) is 21.0 Å². The zero-order valence-corrected chi connectivity index (χ0v) is 13.6. The van der Waals surface area contributed by atoms with E-state index in [1.807, 2.05) is 43.3 Å². The zero-order valence-electron chi connectivity index (χ0n) is 12.8. The van der Waals surface area contributed by atoms with Crippen molar-refractivity contribution in [2.75, 3.05) is 4.90 Å². The fourth-order valence-corrected chi connectivity index (χ4v) is 3.73. The van der Waals surface area contributed by atoms with Crippen molar-refractivity contribution in [1.29, 1.82) is 0 Å². The van der Waals surface area contributed by atoms with E-state index in [1.54, 1.807) is 18.3 Å². The van der Waals surface area contributed by atoms with E-state index < -0.39 is 6.09 Å². The number of nitrogens with zero attached hydrogens (tertiary/aromatic N) is 3. The number of hydrogen-bond acceptors (Lipinski definition) is 4. The highest BCUT2D eigenvalue weighted by Gasteiger charge is 2.20. The average Bonchev–Trinajstić information content (AvgIpc) is 2.97. The Labute approximate surface area is 141 Å². The monoisotopic (exact) mass is 335 g/mol. The number of rotatable bonds is 2. The molecule has 0 saturated carbocycles. The van der Waals surface area contributed by atoms with Crippen LogP contribution in [0.1, 0.15) is 5.82 Å². The first-order valence-corrected chi connectivity index (χ1v) is 8.18. The Hall–Kier alpha value is -2.99. The number of hydrogen-bond donors (Lipinski definition) is 1. The fraction of sp³-hybridized carbons (Fsp3) is 0.0556. The lowest BCUT2D eigenvalue weighted by Gasteiger charge is -2.17. The Morgan fingerprint density at radius 3 is 2.75 bits per heavy atom. The Morgan fingerprint density at radius 1 is 1.12 bits per heavy atom. The maximum Gasteiger partial charge on any atom is 0.417 e. The van der Waals surface area contributed by atoms with Gasteiger partial charge in [-0.05, 0) is 42.6 Å². The van der Waals surface area contributed by atoms with Crippen molar-refractivity contribution >= 4 is 49.1 Å². The van der Waals surface area contributed by atoms with E-state index in [-0.39, 0.29) is 0 Å². The molecule has 6 heteroatoms. The van der Waals surface area contributed by atoms with Gasteiger partial charge in [-0.25, -0.2) is 19.7 Å². The van der Waals surface area contributed by atoms with E-state index in [0.29, 0.717) is 16.5 Å². The van der Waals surface area contributed by atoms with E-state index >= 15 is 0 Å². The van der Waals surface area contributed by atoms with Gasteiger partial charge < -0.3 is 5.11 Å². The van der Waals surface area contributed by atoms with Crippen LogP contribution in [0.3, 0.4) is 0 Å². The molecule has 0 unspecified atom stereocenters. The molecule has 4 aromatic rings. The van der Waals surface area contributed by atoms with Crippen LogP contribution in [-0.2, 0) is 0 Å². The number of aryl methyl sites for hydroxylation is 1. The summed E-state index contributed by atoms with van der Waals surface area (Å²) in [6.07, 6.45) is 0.720. The second kappa shape index (κ2) is 5.58. The average molecular weight is 335 g/mol. The summed E-state index contributed by atoms with van der Waals surface area (Å²) in [6, 6.07) is 15.1. The minimum absolute atomic E-state index is 0.569. The predicted octanol–water partition coefficient (Wildman–Crippen LogP) is 4.97. The van der Waals surface area contributed by atoms with Gasteiger partial charge in [-0.15, -0.1) is 11.3 Å². The zero-order chi connectivity index (χ0) is 16.7. The Bertz CT molecular complexity index is 1040. The van der Waals surface area contributed by atoms with Crippen molar-refractivity contribution in [1.82, 2.24) is 9.97 Å². The van der Waals surface area contributed by atoms with Crippen LogP contribution in [-0.4, -0.2) is 21.2 Å². The first-order valence-electron chi connectivity index (χ1n) is 7.37. The molecule has 4 rings (SSSR count). The van der Waals surface area contributed by atoms with Gasteiger partial charge in [-0.2, -0.15) is 0 Å². The van der Waals surface area contributed by atoms with Crippen LogP contribution in [0, 0.1) is 6.92 Å². The van der Waals surface area contributed by atoms with Crippen LogP contribution in [0.4, 0.5) is 15.5 Å². The largest absolute Gasteiger partial charge is 0.464 e. The second-order valence-corrected chi connectivity index (χ2v) is 6.46. The highest BCUT2D eigenvalue weighted by molar-refractivity contribution is 7.23. The Balaban J connectivity index is 1.87. The molecule has 0 saturated heterocycles. The number of carboxylic acid groups (broad SMARTS) is 1. The summed E-state index contributed by atoms with van der Waals surface area (Å²) in [5, 5.41) is 12.3. The number of thiophene rings is 1. The molecule has 118 valence electrons. The molecule has 24 heavy (non-hydrogen) atoms. The van der Waals surface area contributed by atoms with Gasteiger partial charge >= 0.3 is 6.09 Å². The van der Waals surface area contributed by atoms with Crippen molar-refractivity contribution in [3.05, 3.63) is 60.6 Å². The fourth-order valence-electron chi connectivity index (χ4n) is 2.65. The quantitative estimate of drug-likeness (QED) is 0.562. The third kappa shape index (κ3) is 2.47. The van der Waals surface area contributed by atoms with Crippen LogP contribution >= 0.6 is 11.3 Å². The molecule has 0 aliphatic carbocycles. The van der Waals surface area contributed by atoms with Gasteiger partial charge in [0.25, 0.3) is 0 Å². The smallest absolute Gasteiger partial charge is 0.417 e. The van der Waals surface area contributed by atoms with Crippen LogP contribution < -0.4 is 4.90 Å². The second-order valence-electron chi connectivity index (χ2n) is 5.40. The lowest BCUT2D eigenvalue weighted by molar-refractivity contribution is 0.205. The minimum Gasteiger partial charge on any atom is -0.464 e. The van der Waals surface area contributed by atoms with E-state index in [9.17, 15) is 9.90 Å². The van der Waals surface area contributed by atoms with Crippen molar-refractivity contribution in [2.24, 2.45) is 0 Å². The van der Waals surface area contributed by atoms with E-state index in [2.05, 4.69) is 9.97 Å². The summed E-state index contributed by atoms with van der Waals surface area (Å²) in [5.74, 6) is 0.656. The lowest BCUT2D eigenvalue weighted by Crippen LogP contribution is -2.22. The Kier molecular flexibility index (Phi) is 3.39. The molecule has 2 aromatic heterocycles. The maximum absolute atomic E-state index is 11.9. The molecule has 2 aromatic carbocycles. The van der Waals surface area contributed by atoms with Gasteiger partial charge in [0.15, 0.2) is 0 Å². The Morgan fingerprint density at radius 2 is 1.96 bits per heavy atom. The number of fused-ring (bicyclic) bond motifs is 2. The summed E-state index contributed by atoms with van der Waals surface area (Å²) >= 11 is 1.45. The first-order chi connectivity index (χ1) is 11.6. The van der Waals surface area contributed by atoms with Crippen LogP contribution in [0.5, 0.6) is 0 Å². The molecule has 0 aliphatic heterocycles. The van der Waals surface area contributed by atoms with Crippen LogP contribution in [0.15, 0.2) is 54.7 Å². The number of carbonyl (C=O) groups is 1. The molecule has 1 amide bonds. The summed E-state index contributed by atoms with van der Waals surface area (Å²) < 4.78 is 1.05. The van der Waals surface area contributed by atoms with E-state index in [4.69, 9.17) is 0 Å². The van der Waals surface area contributed by atoms with Crippen LogP contribution in [0.25, 0.3) is 21.0 Å². The maximum atomic E-state index is 11.9. The number of anilines is 2. The third-order valence-electron chi connectivity index (χ3n) is 3.77. The third-order valence-corrected chi connectivity index (χ3v) is 4.87. The number of amides is 1. The number of aromatic nitrogens is 2. The van der Waals surface area contributed by atoms with Crippen molar-refractivity contribution < 1.29 is 9.90 Å². The normalized spacial score (nSPS) is 11.0. The summed E-state index contributed by atoms with van der Waals surface area (Å²) in [6.45, 7) is 1.81. The van der Waals surface area contributed by atoms with Gasteiger partial charge in [-0.3, -0.25) is 0 Å². The van der Waals surface area contributed by atoms with Gasteiger partial charge in [-0.1, -0.05) is 18.2 Å². The SMILES string of the molecule is Cc1ncc2ccc(N(C(=O)O)c3cc4ccccc4s3)cc2n1. The van der Waals surface area contributed by atoms with Crippen molar-refractivity contribution in [3.8, 4) is 0 Å². The molecule has 0 bridgehead atoms. The lowest BCUT2D eigenvalue weighted by atomic mass is 10.2. The molecule has 0 atom stereocenters. The molecular formula is C18H13N3O2S. The van der Waals surface area contributed by atoms with Crippen molar-refractivity contribution in [2.45, 2.75) is 6.92 Å². The molecule has 2 heterocycles. The van der Waals surface area contributed by atoms with Gasteiger partial charge in [0.05, 0.1) is 11.2 Å². The molecule has 0 spiro atoms. The summed E-state index contributed by atoms with van der Waals surface area (Å²) in [7, 11) is 0.